The van der Waals surface area contributed by atoms with Crippen LogP contribution in [-0.4, -0.2) is 0 Å². The predicted molar refractivity (Wildman–Crippen MR) is 26.9 cm³/mol. The minimum absolute atomic E-state index is 0.0899. The second-order valence-corrected chi connectivity index (χ2v) is 1.54. The zero-order valence-electron chi connectivity index (χ0n) is 3.55. The summed E-state index contributed by atoms with van der Waals surface area (Å²) in [6.07, 6.45) is 3.02. The summed E-state index contributed by atoms with van der Waals surface area (Å²) in [7, 11) is 0.0899. The van der Waals surface area contributed by atoms with Crippen molar-refractivity contribution in [3.8, 4) is 0 Å². The maximum Gasteiger partial charge on any atom is 0.200 e. The van der Waals surface area contributed by atoms with E-state index < -0.39 is 0 Å². The van der Waals surface area contributed by atoms with Gasteiger partial charge in [0.05, 0.1) is 6.26 Å². The van der Waals surface area contributed by atoms with Gasteiger partial charge in [-0.1, -0.05) is 0 Å². The van der Waals surface area contributed by atoms with E-state index in [1.165, 1.54) is 6.26 Å². The molecule has 0 bridgehead atoms. The van der Waals surface area contributed by atoms with Crippen LogP contribution in [0.25, 0.3) is 0 Å². The molecule has 0 saturated heterocycles. The standard InChI is InChI=1S/C4H4O2P/c1-2-4-6-7-5-3-1/h1,3-4,7H. The Morgan fingerprint density at radius 3 is 3.43 bits per heavy atom. The lowest BCUT2D eigenvalue weighted by Gasteiger charge is -1.62. The predicted octanol–water partition coefficient (Wildman–Crippen LogP) is 1.83. The van der Waals surface area contributed by atoms with Crippen molar-refractivity contribution in [3.05, 3.63) is 24.7 Å². The lowest BCUT2D eigenvalue weighted by Crippen LogP contribution is -1.33. The summed E-state index contributed by atoms with van der Waals surface area (Å²) in [6, 6.07) is 4.35. The van der Waals surface area contributed by atoms with Gasteiger partial charge in [-0.3, -0.25) is 0 Å². The number of hydrogen-bond acceptors (Lipinski definition) is 2. The third-order valence-electron chi connectivity index (χ3n) is 0.455. The van der Waals surface area contributed by atoms with Crippen molar-refractivity contribution >= 4 is 8.67 Å². The molecule has 0 N–H and O–H groups in total. The molecule has 0 aromatic carbocycles. The van der Waals surface area contributed by atoms with Crippen LogP contribution in [0.1, 0.15) is 0 Å². The Hall–Kier alpha value is -0.620. The smallest absolute Gasteiger partial charge is 0.200 e. The molecule has 0 aliphatic heterocycles. The molecule has 1 aromatic rings. The van der Waals surface area contributed by atoms with Gasteiger partial charge in [-0.2, -0.15) is 0 Å². The minimum Gasteiger partial charge on any atom is -0.430 e. The summed E-state index contributed by atoms with van der Waals surface area (Å²) in [5, 5.41) is 0. The highest BCUT2D eigenvalue weighted by Gasteiger charge is 1.60. The number of hydrogen-bond donors (Lipinski definition) is 0. The van der Waals surface area contributed by atoms with Crippen molar-refractivity contribution in [3.63, 3.8) is 0 Å². The quantitative estimate of drug-likeness (QED) is 0.515. The van der Waals surface area contributed by atoms with Crippen molar-refractivity contribution in [1.29, 1.82) is 0 Å². The molecule has 1 radical (unpaired) electrons. The first-order chi connectivity index (χ1) is 3.50. The number of rotatable bonds is 0. The van der Waals surface area contributed by atoms with E-state index in [0.29, 0.717) is 0 Å². The van der Waals surface area contributed by atoms with E-state index in [4.69, 9.17) is 8.39 Å². The van der Waals surface area contributed by atoms with Crippen LogP contribution in [0.4, 0.5) is 0 Å². The summed E-state index contributed by atoms with van der Waals surface area (Å²) in [5.41, 5.74) is 0. The topological polar surface area (TPSA) is 26.3 Å². The van der Waals surface area contributed by atoms with Crippen LogP contribution in [-0.2, 0) is 0 Å². The fourth-order valence-corrected chi connectivity index (χ4v) is 0.522. The van der Waals surface area contributed by atoms with Crippen molar-refractivity contribution < 1.29 is 8.39 Å². The normalized spacial score (nSPS) is 8.00. The molecule has 3 heteroatoms. The van der Waals surface area contributed by atoms with Crippen molar-refractivity contribution in [2.24, 2.45) is 0 Å². The summed E-state index contributed by atoms with van der Waals surface area (Å²) in [5.74, 6) is 0. The summed E-state index contributed by atoms with van der Waals surface area (Å²) >= 11 is 0. The van der Waals surface area contributed by atoms with E-state index in [9.17, 15) is 0 Å². The van der Waals surface area contributed by atoms with Gasteiger partial charge in [0.1, 0.15) is 6.26 Å². The van der Waals surface area contributed by atoms with Crippen LogP contribution >= 0.6 is 8.67 Å². The average molecular weight is 115 g/mol. The molecule has 37 valence electrons. The van der Waals surface area contributed by atoms with E-state index in [0.717, 1.165) is 0 Å². The zero-order chi connectivity index (χ0) is 4.95. The summed E-state index contributed by atoms with van der Waals surface area (Å²) in [6.45, 7) is 0. The van der Waals surface area contributed by atoms with Gasteiger partial charge in [-0.15, -0.1) is 0 Å². The Bertz CT molecular complexity index is 97.7. The van der Waals surface area contributed by atoms with Gasteiger partial charge < -0.3 is 8.39 Å². The highest BCUT2D eigenvalue weighted by molar-refractivity contribution is 7.15. The maximum atomic E-state index is 4.73. The molecular weight excluding hydrogens is 111 g/mol. The average Bonchev–Trinajstić information content (AvgIpc) is 1.90. The van der Waals surface area contributed by atoms with E-state index in [1.807, 2.05) is 0 Å². The first-order valence-electron chi connectivity index (χ1n) is 1.79. The second-order valence-electron chi connectivity index (χ2n) is 0.906. The van der Waals surface area contributed by atoms with Gasteiger partial charge in [0.25, 0.3) is 0 Å². The molecule has 7 heavy (non-hydrogen) atoms. The fraction of sp³-hybridized carbons (Fsp3) is 0. The molecule has 1 heterocycles. The Labute approximate surface area is 42.7 Å². The molecule has 0 saturated carbocycles. The molecule has 0 aliphatic rings. The SMILES string of the molecule is [c]1cco[pH]oc1. The monoisotopic (exact) mass is 115 g/mol. The van der Waals surface area contributed by atoms with Gasteiger partial charge in [0.15, 0.2) is 8.67 Å². The Kier molecular flexibility index (Phi) is 1.64. The molecule has 0 aliphatic carbocycles. The molecule has 2 nitrogen and oxygen atoms in total. The van der Waals surface area contributed by atoms with Crippen LogP contribution in [0, 0.1) is 6.07 Å². The van der Waals surface area contributed by atoms with E-state index >= 15 is 0 Å². The third kappa shape index (κ3) is 1.51. The molecule has 1 unspecified atom stereocenters. The van der Waals surface area contributed by atoms with Crippen LogP contribution in [0.15, 0.2) is 27.0 Å². The van der Waals surface area contributed by atoms with E-state index in [2.05, 4.69) is 6.07 Å². The van der Waals surface area contributed by atoms with Crippen LogP contribution in [0.3, 0.4) is 0 Å². The first kappa shape index (κ1) is 4.54. The molecule has 1 rings (SSSR count). The third-order valence-corrected chi connectivity index (χ3v) is 0.902. The van der Waals surface area contributed by atoms with Gasteiger partial charge in [0.2, 0.25) is 0 Å². The molecular formula is C4H4O2P. The second kappa shape index (κ2) is 2.54. The Morgan fingerprint density at radius 2 is 2.43 bits per heavy atom. The fourth-order valence-electron chi connectivity index (χ4n) is 0.226. The van der Waals surface area contributed by atoms with Crippen LogP contribution < -0.4 is 0 Å². The van der Waals surface area contributed by atoms with Crippen molar-refractivity contribution in [2.75, 3.05) is 0 Å². The minimum atomic E-state index is 0.0899. The molecule has 1 atom stereocenters. The van der Waals surface area contributed by atoms with Crippen molar-refractivity contribution in [2.45, 2.75) is 0 Å². The van der Waals surface area contributed by atoms with Crippen LogP contribution in [0.2, 0.25) is 0 Å². The van der Waals surface area contributed by atoms with Gasteiger partial charge in [-0.25, -0.2) is 0 Å². The van der Waals surface area contributed by atoms with Crippen LogP contribution in [0.5, 0.6) is 0 Å². The van der Waals surface area contributed by atoms with Gasteiger partial charge >= 0.3 is 0 Å². The van der Waals surface area contributed by atoms with Crippen molar-refractivity contribution in [1.82, 2.24) is 0 Å². The summed E-state index contributed by atoms with van der Waals surface area (Å²) in [4.78, 5) is 0. The molecule has 0 fully saturated rings. The lowest BCUT2D eigenvalue weighted by molar-refractivity contribution is 0.608. The van der Waals surface area contributed by atoms with Gasteiger partial charge in [0, 0.05) is 6.07 Å². The molecule has 0 amide bonds. The van der Waals surface area contributed by atoms with E-state index in [1.54, 1.807) is 12.3 Å². The first-order valence-corrected chi connectivity index (χ1v) is 2.61. The van der Waals surface area contributed by atoms with Gasteiger partial charge in [-0.05, 0) is 6.07 Å². The van der Waals surface area contributed by atoms with E-state index in [-0.39, 0.29) is 8.67 Å². The molecule has 1 aromatic heterocycles. The maximum absolute atomic E-state index is 4.73. The highest BCUT2D eigenvalue weighted by Crippen LogP contribution is 1.96. The zero-order valence-corrected chi connectivity index (χ0v) is 4.55. The molecule has 0 spiro atoms. The Balaban J connectivity index is 3.06. The summed E-state index contributed by atoms with van der Waals surface area (Å²) < 4.78 is 9.43. The Morgan fingerprint density at radius 1 is 1.43 bits per heavy atom. The highest BCUT2D eigenvalue weighted by atomic mass is 31.1. The lowest BCUT2D eigenvalue weighted by atomic mass is 10.7. The largest absolute Gasteiger partial charge is 0.430 e.